The van der Waals surface area contributed by atoms with E-state index in [0.717, 1.165) is 72.4 Å². The van der Waals surface area contributed by atoms with Crippen LogP contribution in [0.4, 0.5) is 4.39 Å². The first-order valence-corrected chi connectivity index (χ1v) is 21.1. The second-order valence-electron chi connectivity index (χ2n) is 14.7. The molecule has 11 aromatic rings. The minimum atomic E-state index is -0.239. The maximum atomic E-state index is 13.2. The number of halogens is 1. The summed E-state index contributed by atoms with van der Waals surface area (Å²) in [5, 5.41) is 13.3. The van der Waals surface area contributed by atoms with Crippen molar-refractivity contribution in [1.82, 2.24) is 19.9 Å². The molecule has 0 spiro atoms. The number of aromatic nitrogens is 4. The van der Waals surface area contributed by atoms with Gasteiger partial charge < -0.3 is 0 Å². The first-order valence-electron chi connectivity index (χ1n) is 21.1. The number of rotatable bonds is 5. The molecule has 310 valence electrons. The minimum Gasteiger partial charge on any atom is -0.256 e. The molecular formula is C59H42FN5. The lowest BCUT2D eigenvalue weighted by atomic mass is 10.0. The van der Waals surface area contributed by atoms with Crippen LogP contribution in [0, 0.1) is 17.1 Å². The van der Waals surface area contributed by atoms with E-state index in [-0.39, 0.29) is 5.82 Å². The summed E-state index contributed by atoms with van der Waals surface area (Å²) >= 11 is 0. The Balaban J connectivity index is 0.000000119. The van der Waals surface area contributed by atoms with Crippen molar-refractivity contribution < 1.29 is 4.39 Å². The topological polar surface area (TPSA) is 75.3 Å². The molecule has 0 amide bonds. The number of benzene rings is 7. The SMILES string of the molecule is Fc1cccc(-c2nccc3ccccc23)c1.N#Cc1ccc(-c2nccc3ccccc23)cc1.c1ccc(-c2cccc(-c3ccccc3)n2)cc1.c1ccc(-c2ccccn2)cc1. The Labute approximate surface area is 378 Å². The third-order valence-corrected chi connectivity index (χ3v) is 10.4. The van der Waals surface area contributed by atoms with Crippen LogP contribution in [-0.2, 0) is 0 Å². The molecule has 0 aliphatic rings. The van der Waals surface area contributed by atoms with Crippen molar-refractivity contribution in [3.05, 3.63) is 267 Å². The van der Waals surface area contributed by atoms with Crippen LogP contribution in [0.15, 0.2) is 255 Å². The molecular weight excluding hydrogens is 798 g/mol. The number of nitriles is 1. The summed E-state index contributed by atoms with van der Waals surface area (Å²) in [5.41, 5.74) is 10.8. The third kappa shape index (κ3) is 11.3. The van der Waals surface area contributed by atoms with Gasteiger partial charge in [-0.25, -0.2) is 9.37 Å². The van der Waals surface area contributed by atoms with Gasteiger partial charge in [-0.2, -0.15) is 5.26 Å². The molecule has 0 fully saturated rings. The molecule has 0 saturated carbocycles. The zero-order valence-electron chi connectivity index (χ0n) is 35.4. The molecule has 0 unspecified atom stereocenters. The van der Waals surface area contributed by atoms with Crippen LogP contribution < -0.4 is 0 Å². The van der Waals surface area contributed by atoms with Crippen LogP contribution in [-0.4, -0.2) is 19.9 Å². The maximum Gasteiger partial charge on any atom is 0.123 e. The molecule has 0 atom stereocenters. The van der Waals surface area contributed by atoms with Crippen molar-refractivity contribution in [3.8, 4) is 62.4 Å². The predicted octanol–water partition coefficient (Wildman–Crippen LogP) is 15.0. The highest BCUT2D eigenvalue weighted by Gasteiger charge is 2.07. The number of hydrogen-bond donors (Lipinski definition) is 0. The Bertz CT molecular complexity index is 3160. The molecule has 11 rings (SSSR count). The molecule has 7 aromatic carbocycles. The van der Waals surface area contributed by atoms with E-state index in [1.165, 1.54) is 17.5 Å². The molecule has 0 bridgehead atoms. The van der Waals surface area contributed by atoms with Gasteiger partial charge in [-0.05, 0) is 71.4 Å². The fourth-order valence-corrected chi connectivity index (χ4v) is 7.15. The van der Waals surface area contributed by atoms with Crippen LogP contribution >= 0.6 is 0 Å². The van der Waals surface area contributed by atoms with Gasteiger partial charge in [-0.3, -0.25) is 15.0 Å². The summed E-state index contributed by atoms with van der Waals surface area (Å²) in [7, 11) is 0. The van der Waals surface area contributed by atoms with Gasteiger partial charge in [-0.1, -0.05) is 176 Å². The molecule has 0 aliphatic heterocycles. The highest BCUT2D eigenvalue weighted by molar-refractivity contribution is 5.95. The third-order valence-electron chi connectivity index (χ3n) is 10.4. The van der Waals surface area contributed by atoms with Gasteiger partial charge in [0.2, 0.25) is 0 Å². The predicted molar refractivity (Wildman–Crippen MR) is 264 cm³/mol. The maximum absolute atomic E-state index is 13.2. The van der Waals surface area contributed by atoms with Gasteiger partial charge in [0, 0.05) is 57.2 Å². The second kappa shape index (κ2) is 21.7. The Hall–Kier alpha value is -8.92. The smallest absolute Gasteiger partial charge is 0.123 e. The Morgan fingerprint density at radius 2 is 0.785 bits per heavy atom. The first-order chi connectivity index (χ1) is 32.1. The lowest BCUT2D eigenvalue weighted by Gasteiger charge is -2.05. The van der Waals surface area contributed by atoms with E-state index in [1.807, 2.05) is 176 Å². The van der Waals surface area contributed by atoms with Gasteiger partial charge in [0.25, 0.3) is 0 Å². The van der Waals surface area contributed by atoms with Gasteiger partial charge in [0.05, 0.1) is 40.1 Å². The van der Waals surface area contributed by atoms with E-state index in [0.29, 0.717) is 5.56 Å². The summed E-state index contributed by atoms with van der Waals surface area (Å²) < 4.78 is 13.2. The standard InChI is InChI=1S/C17H13N.C16H10N2.C15H10FN.C11H9N/c1-3-8-14(9-4-1)16-12-7-13-17(18-16)15-10-5-2-6-11-15;17-11-12-5-7-14(8-6-12)16-15-4-2-1-3-13(15)9-10-18-16;16-13-6-3-5-12(10-13)15-14-7-2-1-4-11(14)8-9-17-15;1-2-6-10(7-3-1)11-8-4-5-9-12-11/h1-13H;1-10H;1-10H;1-9H. The largest absolute Gasteiger partial charge is 0.256 e. The van der Waals surface area contributed by atoms with Crippen molar-refractivity contribution in [2.45, 2.75) is 0 Å². The van der Waals surface area contributed by atoms with Crippen molar-refractivity contribution in [3.63, 3.8) is 0 Å². The van der Waals surface area contributed by atoms with Crippen molar-refractivity contribution in [1.29, 1.82) is 5.26 Å². The van der Waals surface area contributed by atoms with Crippen molar-refractivity contribution in [2.75, 3.05) is 0 Å². The molecule has 6 heteroatoms. The van der Waals surface area contributed by atoms with Crippen LogP contribution in [0.25, 0.3) is 77.8 Å². The summed E-state index contributed by atoms with van der Waals surface area (Å²) in [6.07, 6.45) is 5.38. The van der Waals surface area contributed by atoms with E-state index < -0.39 is 0 Å². The fourth-order valence-electron chi connectivity index (χ4n) is 7.15. The Morgan fingerprint density at radius 3 is 1.29 bits per heavy atom. The van der Waals surface area contributed by atoms with Gasteiger partial charge >= 0.3 is 0 Å². The van der Waals surface area contributed by atoms with Gasteiger partial charge in [-0.15, -0.1) is 0 Å². The zero-order valence-corrected chi connectivity index (χ0v) is 35.4. The van der Waals surface area contributed by atoms with E-state index in [1.54, 1.807) is 12.3 Å². The quantitative estimate of drug-likeness (QED) is 0.173. The van der Waals surface area contributed by atoms with Gasteiger partial charge in [0.1, 0.15) is 5.82 Å². The Morgan fingerprint density at radius 1 is 0.338 bits per heavy atom. The molecule has 5 nitrogen and oxygen atoms in total. The zero-order chi connectivity index (χ0) is 44.5. The fraction of sp³-hybridized carbons (Fsp3) is 0. The number of hydrogen-bond acceptors (Lipinski definition) is 5. The summed E-state index contributed by atoms with van der Waals surface area (Å²) in [6.45, 7) is 0. The summed E-state index contributed by atoms with van der Waals surface area (Å²) in [6, 6.07) is 79.0. The lowest BCUT2D eigenvalue weighted by Crippen LogP contribution is -1.87. The number of pyridine rings is 4. The van der Waals surface area contributed by atoms with E-state index >= 15 is 0 Å². The minimum absolute atomic E-state index is 0.239. The highest BCUT2D eigenvalue weighted by atomic mass is 19.1. The Kier molecular flexibility index (Phi) is 14.3. The van der Waals surface area contributed by atoms with Crippen LogP contribution in [0.2, 0.25) is 0 Å². The monoisotopic (exact) mass is 839 g/mol. The second-order valence-corrected chi connectivity index (χ2v) is 14.7. The van der Waals surface area contributed by atoms with Crippen LogP contribution in [0.5, 0.6) is 0 Å². The molecule has 0 radical (unpaired) electrons. The molecule has 4 aromatic heterocycles. The normalized spacial score (nSPS) is 10.2. The highest BCUT2D eigenvalue weighted by Crippen LogP contribution is 2.28. The van der Waals surface area contributed by atoms with E-state index in [2.05, 4.69) is 75.6 Å². The van der Waals surface area contributed by atoms with Crippen molar-refractivity contribution in [2.24, 2.45) is 0 Å². The molecule has 65 heavy (non-hydrogen) atoms. The van der Waals surface area contributed by atoms with Crippen LogP contribution in [0.3, 0.4) is 0 Å². The average molecular weight is 840 g/mol. The summed E-state index contributed by atoms with van der Waals surface area (Å²) in [4.78, 5) is 17.8. The van der Waals surface area contributed by atoms with Crippen LogP contribution in [0.1, 0.15) is 5.56 Å². The molecule has 4 heterocycles. The molecule has 0 saturated heterocycles. The number of nitrogens with zero attached hydrogens (tertiary/aromatic N) is 5. The van der Waals surface area contributed by atoms with Crippen molar-refractivity contribution >= 4 is 21.5 Å². The average Bonchev–Trinajstić information content (AvgIpc) is 3.40. The van der Waals surface area contributed by atoms with E-state index in [9.17, 15) is 4.39 Å². The van der Waals surface area contributed by atoms with Gasteiger partial charge in [0.15, 0.2) is 0 Å². The summed E-state index contributed by atoms with van der Waals surface area (Å²) in [5.74, 6) is -0.239. The molecule has 0 N–H and O–H groups in total. The lowest BCUT2D eigenvalue weighted by molar-refractivity contribution is 0.628. The van der Waals surface area contributed by atoms with E-state index in [4.69, 9.17) is 10.2 Å². The first kappa shape index (κ1) is 42.8. The molecule has 0 aliphatic carbocycles. The number of fused-ring (bicyclic) bond motifs is 2.